The van der Waals surface area contributed by atoms with Crippen LogP contribution in [0.3, 0.4) is 0 Å². The number of rotatable bonds is 3. The Morgan fingerprint density at radius 1 is 1.31 bits per heavy atom. The predicted molar refractivity (Wildman–Crippen MR) is 68.7 cm³/mol. The van der Waals surface area contributed by atoms with Crippen LogP contribution in [0.4, 0.5) is 0 Å². The van der Waals surface area contributed by atoms with Gasteiger partial charge in [0.2, 0.25) is 0 Å². The zero-order valence-corrected chi connectivity index (χ0v) is 10.4. The van der Waals surface area contributed by atoms with Gasteiger partial charge in [-0.3, -0.25) is 0 Å². The van der Waals surface area contributed by atoms with E-state index in [9.17, 15) is 0 Å². The molecule has 0 spiro atoms. The van der Waals surface area contributed by atoms with Crippen LogP contribution in [-0.2, 0) is 6.42 Å². The van der Waals surface area contributed by atoms with Crippen molar-refractivity contribution in [1.29, 1.82) is 0 Å². The van der Waals surface area contributed by atoms with Gasteiger partial charge >= 0.3 is 0 Å². The highest BCUT2D eigenvalue weighted by Crippen LogP contribution is 2.19. The fraction of sp³-hybridized carbons (Fsp3) is 0.308. The van der Waals surface area contributed by atoms with E-state index >= 15 is 0 Å². The van der Waals surface area contributed by atoms with Gasteiger partial charge in [0.25, 0.3) is 0 Å². The predicted octanol–water partition coefficient (Wildman–Crippen LogP) is 3.00. The van der Waals surface area contributed by atoms with Crippen molar-refractivity contribution < 1.29 is 0 Å². The molecule has 84 valence electrons. The first-order valence-corrected chi connectivity index (χ1v) is 6.26. The van der Waals surface area contributed by atoms with Gasteiger partial charge in [-0.05, 0) is 30.5 Å². The van der Waals surface area contributed by atoms with Crippen molar-refractivity contribution >= 4 is 11.3 Å². The van der Waals surface area contributed by atoms with Crippen molar-refractivity contribution in [2.45, 2.75) is 26.3 Å². The lowest BCUT2D eigenvalue weighted by Gasteiger charge is -2.12. The molecule has 2 N–H and O–H groups in total. The summed E-state index contributed by atoms with van der Waals surface area (Å²) in [7, 11) is 0. The first-order chi connectivity index (χ1) is 7.66. The largest absolute Gasteiger partial charge is 0.324 e. The Morgan fingerprint density at radius 2 is 2.12 bits per heavy atom. The van der Waals surface area contributed by atoms with Gasteiger partial charge in [0.1, 0.15) is 0 Å². The number of aryl methyl sites for hydroxylation is 2. The van der Waals surface area contributed by atoms with Crippen LogP contribution >= 0.6 is 11.3 Å². The number of thiazole rings is 1. The summed E-state index contributed by atoms with van der Waals surface area (Å²) in [5.74, 6) is 0. The minimum Gasteiger partial charge on any atom is -0.324 e. The fourth-order valence-electron chi connectivity index (χ4n) is 1.66. The van der Waals surface area contributed by atoms with E-state index in [4.69, 9.17) is 5.73 Å². The highest BCUT2D eigenvalue weighted by atomic mass is 32.1. The number of hydrogen-bond donors (Lipinski definition) is 1. The smallest absolute Gasteiger partial charge is 0.0943 e. The summed E-state index contributed by atoms with van der Waals surface area (Å²) in [6.45, 7) is 4.24. The molecule has 0 aliphatic rings. The quantitative estimate of drug-likeness (QED) is 0.883. The Hall–Kier alpha value is -1.19. The van der Waals surface area contributed by atoms with Gasteiger partial charge < -0.3 is 5.73 Å². The van der Waals surface area contributed by atoms with Crippen molar-refractivity contribution in [3.63, 3.8) is 0 Å². The van der Waals surface area contributed by atoms with E-state index in [1.807, 2.05) is 11.6 Å². The van der Waals surface area contributed by atoms with E-state index in [-0.39, 0.29) is 6.04 Å². The number of hydrogen-bond acceptors (Lipinski definition) is 3. The summed E-state index contributed by atoms with van der Waals surface area (Å²) >= 11 is 1.66. The third-order valence-corrected chi connectivity index (χ3v) is 3.64. The maximum Gasteiger partial charge on any atom is 0.0943 e. The Balaban J connectivity index is 2.14. The Labute approximate surface area is 100 Å². The third kappa shape index (κ3) is 2.49. The van der Waals surface area contributed by atoms with E-state index in [1.165, 1.54) is 16.7 Å². The molecule has 16 heavy (non-hydrogen) atoms. The molecule has 0 aliphatic heterocycles. The molecule has 2 nitrogen and oxygen atoms in total. The second-order valence-electron chi connectivity index (χ2n) is 4.08. The Bertz CT molecular complexity index is 463. The van der Waals surface area contributed by atoms with E-state index < -0.39 is 0 Å². The molecule has 0 bridgehead atoms. The molecule has 1 aromatic carbocycles. The molecule has 1 unspecified atom stereocenters. The van der Waals surface area contributed by atoms with Gasteiger partial charge in [0.15, 0.2) is 0 Å². The first-order valence-electron chi connectivity index (χ1n) is 5.38. The number of nitrogens with two attached hydrogens (primary N) is 1. The molecule has 0 saturated heterocycles. The highest BCUT2D eigenvalue weighted by molar-refractivity contribution is 7.09. The molecule has 2 rings (SSSR count). The summed E-state index contributed by atoms with van der Waals surface area (Å²) in [6, 6.07) is 6.46. The van der Waals surface area contributed by atoms with Crippen LogP contribution in [0.2, 0.25) is 0 Å². The van der Waals surface area contributed by atoms with Gasteiger partial charge in [-0.2, -0.15) is 0 Å². The molecule has 0 fully saturated rings. The molecule has 0 aliphatic carbocycles. The van der Waals surface area contributed by atoms with Crippen molar-refractivity contribution in [2.75, 3.05) is 0 Å². The topological polar surface area (TPSA) is 38.9 Å². The zero-order valence-electron chi connectivity index (χ0n) is 9.60. The Kier molecular flexibility index (Phi) is 3.36. The van der Waals surface area contributed by atoms with E-state index in [0.717, 1.165) is 11.4 Å². The summed E-state index contributed by atoms with van der Waals surface area (Å²) in [5, 5.41) is 3.09. The van der Waals surface area contributed by atoms with Crippen LogP contribution in [0.15, 0.2) is 29.8 Å². The van der Waals surface area contributed by atoms with Gasteiger partial charge in [-0.25, -0.2) is 4.98 Å². The van der Waals surface area contributed by atoms with Crippen molar-refractivity contribution in [2.24, 2.45) is 5.73 Å². The van der Waals surface area contributed by atoms with E-state index in [0.29, 0.717) is 0 Å². The molecular formula is C13H16N2S. The van der Waals surface area contributed by atoms with Crippen LogP contribution in [-0.4, -0.2) is 4.98 Å². The van der Waals surface area contributed by atoms with Crippen molar-refractivity contribution in [3.05, 3.63) is 51.5 Å². The second kappa shape index (κ2) is 4.76. The lowest BCUT2D eigenvalue weighted by molar-refractivity contribution is 0.717. The molecule has 2 aromatic rings. The normalized spacial score (nSPS) is 12.7. The van der Waals surface area contributed by atoms with Crippen LogP contribution in [0.5, 0.6) is 0 Å². The number of aromatic nitrogens is 1. The Morgan fingerprint density at radius 3 is 2.75 bits per heavy atom. The zero-order chi connectivity index (χ0) is 11.5. The summed E-state index contributed by atoms with van der Waals surface area (Å²) in [4.78, 5) is 4.26. The molecule has 1 atom stereocenters. The van der Waals surface area contributed by atoms with Gasteiger partial charge in [0.05, 0.1) is 5.01 Å². The van der Waals surface area contributed by atoms with Crippen LogP contribution in [0.25, 0.3) is 0 Å². The number of benzene rings is 1. The van der Waals surface area contributed by atoms with Gasteiger partial charge in [0, 0.05) is 24.0 Å². The third-order valence-electron chi connectivity index (χ3n) is 2.84. The molecule has 1 heterocycles. The molecule has 1 aromatic heterocycles. The lowest BCUT2D eigenvalue weighted by Crippen LogP contribution is -2.13. The molecule has 0 saturated carbocycles. The number of nitrogens with zero attached hydrogens (tertiary/aromatic N) is 1. The maximum atomic E-state index is 6.17. The lowest BCUT2D eigenvalue weighted by atomic mass is 10.00. The van der Waals surface area contributed by atoms with Crippen LogP contribution in [0, 0.1) is 13.8 Å². The van der Waals surface area contributed by atoms with E-state index in [2.05, 4.69) is 37.0 Å². The average Bonchev–Trinajstić information content (AvgIpc) is 2.74. The summed E-state index contributed by atoms with van der Waals surface area (Å²) in [6.07, 6.45) is 2.65. The monoisotopic (exact) mass is 232 g/mol. The van der Waals surface area contributed by atoms with Crippen LogP contribution in [0.1, 0.15) is 27.7 Å². The summed E-state index contributed by atoms with van der Waals surface area (Å²) < 4.78 is 0. The molecule has 0 amide bonds. The van der Waals surface area contributed by atoms with E-state index in [1.54, 1.807) is 11.3 Å². The maximum absolute atomic E-state index is 6.17. The SMILES string of the molecule is Cc1ccc(C(N)Cc2nccs2)cc1C. The summed E-state index contributed by atoms with van der Waals surface area (Å²) in [5.41, 5.74) is 9.97. The molecule has 0 radical (unpaired) electrons. The van der Waals surface area contributed by atoms with Crippen molar-refractivity contribution in [1.82, 2.24) is 4.98 Å². The van der Waals surface area contributed by atoms with Gasteiger partial charge in [-0.15, -0.1) is 11.3 Å². The second-order valence-corrected chi connectivity index (χ2v) is 5.06. The average molecular weight is 232 g/mol. The standard InChI is InChI=1S/C13H16N2S/c1-9-3-4-11(7-10(9)2)12(14)8-13-15-5-6-16-13/h3-7,12H,8,14H2,1-2H3. The first kappa shape index (κ1) is 11.3. The highest BCUT2D eigenvalue weighted by Gasteiger charge is 2.09. The minimum atomic E-state index is 0.0467. The van der Waals surface area contributed by atoms with Gasteiger partial charge in [-0.1, -0.05) is 18.2 Å². The van der Waals surface area contributed by atoms with Crippen LogP contribution < -0.4 is 5.73 Å². The molecule has 3 heteroatoms. The molecular weight excluding hydrogens is 216 g/mol. The minimum absolute atomic E-state index is 0.0467. The van der Waals surface area contributed by atoms with Crippen molar-refractivity contribution in [3.8, 4) is 0 Å². The fourth-order valence-corrected chi connectivity index (χ4v) is 2.33.